The lowest BCUT2D eigenvalue weighted by atomic mass is 10.0. The summed E-state index contributed by atoms with van der Waals surface area (Å²) in [5.41, 5.74) is 3.51. The second-order valence-corrected chi connectivity index (χ2v) is 3.23. The van der Waals surface area contributed by atoms with Crippen molar-refractivity contribution in [2.75, 3.05) is 6.54 Å². The average molecular weight is 234 g/mol. The molecule has 1 rings (SSSR count). The lowest BCUT2D eigenvalue weighted by molar-refractivity contribution is -0.386. The smallest absolute Gasteiger partial charge is 0.275 e. The van der Waals surface area contributed by atoms with E-state index in [1.807, 2.05) is 0 Å². The quantitative estimate of drug-likeness (QED) is 0.638. The van der Waals surface area contributed by atoms with Gasteiger partial charge < -0.3 is 5.73 Å². The molecule has 0 aromatic heterocycles. The molecule has 0 saturated heterocycles. The van der Waals surface area contributed by atoms with Gasteiger partial charge in [0.05, 0.1) is 17.0 Å². The highest BCUT2D eigenvalue weighted by atomic mass is 19.3. The second-order valence-electron chi connectivity index (χ2n) is 3.23. The first-order valence-electron chi connectivity index (χ1n) is 4.37. The summed E-state index contributed by atoms with van der Waals surface area (Å²) in [6.07, 6.45) is -1.08. The van der Waals surface area contributed by atoms with Crippen LogP contribution in [-0.4, -0.2) is 17.4 Å². The van der Waals surface area contributed by atoms with Crippen LogP contribution in [0, 0.1) is 15.9 Å². The van der Waals surface area contributed by atoms with Gasteiger partial charge in [0, 0.05) is 12.5 Å². The number of nitrogens with zero attached hydrogens (tertiary/aromatic N) is 1. The number of nitro groups is 1. The zero-order valence-corrected chi connectivity index (χ0v) is 8.12. The maximum Gasteiger partial charge on any atom is 0.275 e. The third kappa shape index (κ3) is 2.69. The minimum absolute atomic E-state index is 0.622. The van der Waals surface area contributed by atoms with Crippen molar-refractivity contribution in [1.82, 2.24) is 0 Å². The molecule has 0 unspecified atom stereocenters. The fourth-order valence-corrected chi connectivity index (χ4v) is 1.22. The van der Waals surface area contributed by atoms with Crippen LogP contribution in [0.1, 0.15) is 5.56 Å². The number of hydrogen-bond donors (Lipinski definition) is 1. The fraction of sp³-hybridized carbons (Fsp3) is 0.333. The van der Waals surface area contributed by atoms with Gasteiger partial charge in [0.2, 0.25) is 0 Å². The highest BCUT2D eigenvalue weighted by molar-refractivity contribution is 5.41. The predicted octanol–water partition coefficient (Wildman–Crippen LogP) is 1.87. The van der Waals surface area contributed by atoms with E-state index in [9.17, 15) is 23.3 Å². The minimum atomic E-state index is -3.35. The first-order chi connectivity index (χ1) is 7.37. The van der Waals surface area contributed by atoms with Crippen molar-refractivity contribution in [2.45, 2.75) is 12.3 Å². The Labute approximate surface area is 89.0 Å². The second kappa shape index (κ2) is 4.48. The molecule has 7 heteroatoms. The Kier molecular flexibility index (Phi) is 3.48. The summed E-state index contributed by atoms with van der Waals surface area (Å²) < 4.78 is 39.1. The number of nitrogens with two attached hydrogens (primary N) is 1. The Morgan fingerprint density at radius 3 is 2.56 bits per heavy atom. The molecule has 1 aromatic rings. The van der Waals surface area contributed by atoms with Crippen LogP contribution in [-0.2, 0) is 6.42 Å². The Balaban J connectivity index is 3.16. The molecule has 0 fully saturated rings. The van der Waals surface area contributed by atoms with Crippen molar-refractivity contribution in [3.05, 3.63) is 39.7 Å². The summed E-state index contributed by atoms with van der Waals surface area (Å²) >= 11 is 0. The molecule has 0 radical (unpaired) electrons. The molecule has 0 bridgehead atoms. The van der Waals surface area contributed by atoms with Gasteiger partial charge in [-0.1, -0.05) is 6.07 Å². The van der Waals surface area contributed by atoms with Crippen molar-refractivity contribution < 1.29 is 18.1 Å². The van der Waals surface area contributed by atoms with E-state index in [0.717, 1.165) is 18.2 Å². The molecule has 0 spiro atoms. The first-order valence-corrected chi connectivity index (χ1v) is 4.37. The van der Waals surface area contributed by atoms with Crippen LogP contribution in [0.4, 0.5) is 18.9 Å². The summed E-state index contributed by atoms with van der Waals surface area (Å²) in [5, 5.41) is 10.5. The normalized spacial score (nSPS) is 11.5. The third-order valence-electron chi connectivity index (χ3n) is 2.02. The fourth-order valence-electron chi connectivity index (χ4n) is 1.22. The summed E-state index contributed by atoms with van der Waals surface area (Å²) in [6.45, 7) is -0.988. The molecule has 0 aliphatic carbocycles. The molecule has 0 amide bonds. The van der Waals surface area contributed by atoms with E-state index in [-0.39, 0.29) is 0 Å². The van der Waals surface area contributed by atoms with Crippen LogP contribution >= 0.6 is 0 Å². The van der Waals surface area contributed by atoms with E-state index in [1.165, 1.54) is 0 Å². The Morgan fingerprint density at radius 1 is 1.44 bits per heavy atom. The molecule has 4 nitrogen and oxygen atoms in total. The van der Waals surface area contributed by atoms with Crippen molar-refractivity contribution in [2.24, 2.45) is 5.73 Å². The van der Waals surface area contributed by atoms with Crippen LogP contribution in [0.2, 0.25) is 0 Å². The van der Waals surface area contributed by atoms with E-state index in [0.29, 0.717) is 0 Å². The molecule has 2 N–H and O–H groups in total. The van der Waals surface area contributed by atoms with Crippen LogP contribution in [0.3, 0.4) is 0 Å². The Morgan fingerprint density at radius 2 is 2.06 bits per heavy atom. The van der Waals surface area contributed by atoms with Crippen LogP contribution in [0.15, 0.2) is 18.2 Å². The number of benzene rings is 1. The van der Waals surface area contributed by atoms with Gasteiger partial charge in [-0.3, -0.25) is 10.1 Å². The maximum atomic E-state index is 13.2. The molecule has 0 atom stereocenters. The van der Waals surface area contributed by atoms with Crippen molar-refractivity contribution in [3.8, 4) is 0 Å². The van der Waals surface area contributed by atoms with E-state index in [1.54, 1.807) is 0 Å². The van der Waals surface area contributed by atoms with Gasteiger partial charge in [-0.2, -0.15) is 0 Å². The van der Waals surface area contributed by atoms with Crippen molar-refractivity contribution in [1.29, 1.82) is 0 Å². The lowest BCUT2D eigenvalue weighted by Gasteiger charge is -2.13. The third-order valence-corrected chi connectivity index (χ3v) is 2.02. The molecule has 88 valence electrons. The maximum absolute atomic E-state index is 13.2. The highest BCUT2D eigenvalue weighted by Gasteiger charge is 2.32. The monoisotopic (exact) mass is 234 g/mol. The van der Waals surface area contributed by atoms with E-state index >= 15 is 0 Å². The average Bonchev–Trinajstić information content (AvgIpc) is 2.20. The van der Waals surface area contributed by atoms with Gasteiger partial charge in [-0.15, -0.1) is 0 Å². The Bertz CT molecular complexity index is 410. The van der Waals surface area contributed by atoms with Gasteiger partial charge in [0.1, 0.15) is 5.82 Å². The molecular weight excluding hydrogens is 225 g/mol. The summed E-state index contributed by atoms with van der Waals surface area (Å²) in [4.78, 5) is 9.61. The van der Waals surface area contributed by atoms with E-state index < -0.39 is 40.9 Å². The molecule has 0 heterocycles. The van der Waals surface area contributed by atoms with E-state index in [2.05, 4.69) is 0 Å². The van der Waals surface area contributed by atoms with E-state index in [4.69, 9.17) is 5.73 Å². The van der Waals surface area contributed by atoms with Gasteiger partial charge in [-0.05, 0) is 6.07 Å². The SMILES string of the molecule is NCC(F)(F)Cc1c(F)cccc1[N+](=O)[O-]. The summed E-state index contributed by atoms with van der Waals surface area (Å²) in [6, 6.07) is 2.97. The lowest BCUT2D eigenvalue weighted by Crippen LogP contribution is -2.30. The summed E-state index contributed by atoms with van der Waals surface area (Å²) in [7, 11) is 0. The van der Waals surface area contributed by atoms with Gasteiger partial charge >= 0.3 is 0 Å². The number of hydrogen-bond acceptors (Lipinski definition) is 3. The molecule has 0 aliphatic rings. The van der Waals surface area contributed by atoms with Gasteiger partial charge in [0.15, 0.2) is 0 Å². The Hall–Kier alpha value is -1.63. The minimum Gasteiger partial charge on any atom is -0.325 e. The molecule has 1 aromatic carbocycles. The molecule has 16 heavy (non-hydrogen) atoms. The molecule has 0 saturated carbocycles. The van der Waals surface area contributed by atoms with Gasteiger partial charge in [-0.25, -0.2) is 13.2 Å². The van der Waals surface area contributed by atoms with Crippen LogP contribution < -0.4 is 5.73 Å². The standard InChI is InChI=1S/C9H9F3N2O2/c10-7-2-1-3-8(14(15)16)6(7)4-9(11,12)5-13/h1-3H,4-5,13H2. The summed E-state index contributed by atoms with van der Waals surface area (Å²) in [5.74, 6) is -4.38. The van der Waals surface area contributed by atoms with Crippen molar-refractivity contribution >= 4 is 5.69 Å². The number of alkyl halides is 2. The van der Waals surface area contributed by atoms with Crippen molar-refractivity contribution in [3.63, 3.8) is 0 Å². The van der Waals surface area contributed by atoms with Gasteiger partial charge in [0.25, 0.3) is 11.6 Å². The molecule has 0 aliphatic heterocycles. The largest absolute Gasteiger partial charge is 0.325 e. The zero-order valence-electron chi connectivity index (χ0n) is 8.12. The highest BCUT2D eigenvalue weighted by Crippen LogP contribution is 2.27. The number of halogens is 3. The number of nitro benzene ring substituents is 1. The van der Waals surface area contributed by atoms with Crippen LogP contribution in [0.25, 0.3) is 0 Å². The topological polar surface area (TPSA) is 69.2 Å². The number of rotatable bonds is 4. The first kappa shape index (κ1) is 12.4. The predicted molar refractivity (Wildman–Crippen MR) is 50.8 cm³/mol. The zero-order chi connectivity index (χ0) is 12.3. The van der Waals surface area contributed by atoms with Crippen LogP contribution in [0.5, 0.6) is 0 Å². The molecular formula is C9H9F3N2O2.